The van der Waals surface area contributed by atoms with Crippen molar-refractivity contribution in [3.8, 4) is 28.6 Å². The second-order valence-corrected chi connectivity index (χ2v) is 7.29. The van der Waals surface area contributed by atoms with Crippen molar-refractivity contribution in [2.24, 2.45) is 5.73 Å². The number of hydrogen-bond donors (Lipinski definition) is 3. The Kier molecular flexibility index (Phi) is 8.92. The van der Waals surface area contributed by atoms with Gasteiger partial charge in [0.25, 0.3) is 0 Å². The highest BCUT2D eigenvalue weighted by atomic mass is 19.4. The van der Waals surface area contributed by atoms with Crippen molar-refractivity contribution >= 4 is 16.9 Å². The van der Waals surface area contributed by atoms with E-state index < -0.39 is 23.7 Å². The average Bonchev–Trinajstić information content (AvgIpc) is 3.35. The van der Waals surface area contributed by atoms with Crippen molar-refractivity contribution in [1.82, 2.24) is 20.0 Å². The molecule has 10 nitrogen and oxygen atoms in total. The van der Waals surface area contributed by atoms with Gasteiger partial charge in [-0.2, -0.15) is 13.2 Å². The number of carbonyl (C=O) groups is 1. The molecule has 2 heterocycles. The van der Waals surface area contributed by atoms with Crippen LogP contribution in [0, 0.1) is 5.82 Å². The largest absolute Gasteiger partial charge is 0.505 e. The van der Waals surface area contributed by atoms with Gasteiger partial charge in [0.05, 0.1) is 36.3 Å². The fraction of sp³-hybridized carbons (Fsp3) is 0.217. The number of aromatic hydroxyl groups is 1. The first kappa shape index (κ1) is 27.3. The first-order chi connectivity index (χ1) is 17.6. The molecule has 0 aliphatic heterocycles. The maximum atomic E-state index is 13.6. The van der Waals surface area contributed by atoms with Gasteiger partial charge in [-0.05, 0) is 36.4 Å². The highest BCUT2D eigenvalue weighted by Gasteiger charge is 2.38. The van der Waals surface area contributed by atoms with Crippen LogP contribution in [0.2, 0.25) is 0 Å². The van der Waals surface area contributed by atoms with E-state index in [1.165, 1.54) is 16.8 Å². The third-order valence-corrected chi connectivity index (χ3v) is 4.61. The van der Waals surface area contributed by atoms with Gasteiger partial charge >= 0.3 is 12.1 Å². The fourth-order valence-electron chi connectivity index (χ4n) is 2.89. The number of nitrogens with zero attached hydrogens (tertiary/aromatic N) is 4. The minimum Gasteiger partial charge on any atom is -0.505 e. The van der Waals surface area contributed by atoms with Gasteiger partial charge in [0.1, 0.15) is 18.1 Å². The van der Waals surface area contributed by atoms with Crippen molar-refractivity contribution in [3.05, 3.63) is 60.5 Å². The Hall–Kier alpha value is -4.30. The Morgan fingerprint density at radius 3 is 2.46 bits per heavy atom. The SMILES string of the molecule is NCCOCCOc1ccc2nc(-c3cn(-c4ccc(O)c(F)c4)nn3)ccc2c1.O=C(O)C(F)(F)F. The summed E-state index contributed by atoms with van der Waals surface area (Å²) in [6.45, 7) is 1.93. The molecular weight excluding hydrogens is 502 g/mol. The molecule has 4 rings (SSSR count). The molecule has 2 aromatic heterocycles. The van der Waals surface area contributed by atoms with E-state index in [2.05, 4.69) is 15.3 Å². The first-order valence-corrected chi connectivity index (χ1v) is 10.6. The molecule has 0 saturated carbocycles. The minimum atomic E-state index is -5.08. The number of phenols is 1. The predicted molar refractivity (Wildman–Crippen MR) is 123 cm³/mol. The van der Waals surface area contributed by atoms with E-state index in [4.69, 9.17) is 25.1 Å². The lowest BCUT2D eigenvalue weighted by Crippen LogP contribution is -2.21. The van der Waals surface area contributed by atoms with Crippen LogP contribution in [0.25, 0.3) is 28.0 Å². The summed E-state index contributed by atoms with van der Waals surface area (Å²) in [6.07, 6.45) is -3.43. The van der Waals surface area contributed by atoms with E-state index in [0.29, 0.717) is 43.4 Å². The smallest absolute Gasteiger partial charge is 0.490 e. The Morgan fingerprint density at radius 1 is 1.03 bits per heavy atom. The number of aliphatic carboxylic acids is 1. The Bertz CT molecular complexity index is 1360. The van der Waals surface area contributed by atoms with E-state index in [-0.39, 0.29) is 0 Å². The summed E-state index contributed by atoms with van der Waals surface area (Å²) in [6, 6.07) is 13.4. The molecule has 37 heavy (non-hydrogen) atoms. The van der Waals surface area contributed by atoms with Gasteiger partial charge in [-0.3, -0.25) is 0 Å². The monoisotopic (exact) mass is 523 g/mol. The zero-order valence-electron chi connectivity index (χ0n) is 19.0. The van der Waals surface area contributed by atoms with Gasteiger partial charge in [-0.15, -0.1) is 5.10 Å². The average molecular weight is 523 g/mol. The number of phenolic OH excluding ortho intramolecular Hbond substituents is 1. The summed E-state index contributed by atoms with van der Waals surface area (Å²) < 4.78 is 57.7. The van der Waals surface area contributed by atoms with Gasteiger partial charge in [-0.25, -0.2) is 18.9 Å². The maximum absolute atomic E-state index is 13.6. The number of ether oxygens (including phenoxy) is 2. The van der Waals surface area contributed by atoms with Crippen LogP contribution in [0.1, 0.15) is 0 Å². The molecule has 0 unspecified atom stereocenters. The summed E-state index contributed by atoms with van der Waals surface area (Å²) in [5, 5.41) is 25.5. The molecule has 2 aromatic carbocycles. The number of fused-ring (bicyclic) bond motifs is 1. The maximum Gasteiger partial charge on any atom is 0.490 e. The zero-order chi connectivity index (χ0) is 27.0. The van der Waals surface area contributed by atoms with E-state index in [9.17, 15) is 22.7 Å². The summed E-state index contributed by atoms with van der Waals surface area (Å²) in [4.78, 5) is 13.5. The molecular formula is C23H21F4N5O5. The molecule has 0 aliphatic rings. The van der Waals surface area contributed by atoms with E-state index >= 15 is 0 Å². The molecule has 0 atom stereocenters. The van der Waals surface area contributed by atoms with Crippen molar-refractivity contribution in [2.75, 3.05) is 26.4 Å². The second-order valence-electron chi connectivity index (χ2n) is 7.29. The number of alkyl halides is 3. The van der Waals surface area contributed by atoms with E-state index in [1.54, 1.807) is 12.3 Å². The molecule has 0 amide bonds. The lowest BCUT2D eigenvalue weighted by Gasteiger charge is -2.08. The third kappa shape index (κ3) is 7.59. The number of aromatic nitrogens is 4. The van der Waals surface area contributed by atoms with Gasteiger partial charge < -0.3 is 25.4 Å². The van der Waals surface area contributed by atoms with E-state index in [0.717, 1.165) is 16.7 Å². The van der Waals surface area contributed by atoms with Gasteiger partial charge in [0.2, 0.25) is 0 Å². The minimum absolute atomic E-state index is 0.415. The third-order valence-electron chi connectivity index (χ3n) is 4.61. The second kappa shape index (κ2) is 12.1. The Balaban J connectivity index is 0.000000479. The van der Waals surface area contributed by atoms with Crippen molar-refractivity contribution < 1.29 is 42.0 Å². The lowest BCUT2D eigenvalue weighted by atomic mass is 10.2. The molecule has 0 fully saturated rings. The van der Waals surface area contributed by atoms with Crippen LogP contribution < -0.4 is 10.5 Å². The van der Waals surface area contributed by atoms with Crippen LogP contribution in [0.3, 0.4) is 0 Å². The van der Waals surface area contributed by atoms with Gasteiger partial charge in [-0.1, -0.05) is 11.3 Å². The van der Waals surface area contributed by atoms with Crippen LogP contribution in [0.5, 0.6) is 11.5 Å². The number of halogens is 4. The number of nitrogens with two attached hydrogens (primary N) is 1. The molecule has 0 spiro atoms. The van der Waals surface area contributed by atoms with Crippen LogP contribution in [-0.4, -0.2) is 68.7 Å². The highest BCUT2D eigenvalue weighted by molar-refractivity contribution is 5.82. The van der Waals surface area contributed by atoms with Crippen LogP contribution in [-0.2, 0) is 9.53 Å². The fourth-order valence-corrected chi connectivity index (χ4v) is 2.89. The number of carboxylic acids is 1. The van der Waals surface area contributed by atoms with Crippen molar-refractivity contribution in [3.63, 3.8) is 0 Å². The molecule has 0 radical (unpaired) electrons. The van der Waals surface area contributed by atoms with Crippen molar-refractivity contribution in [1.29, 1.82) is 0 Å². The Morgan fingerprint density at radius 2 is 1.78 bits per heavy atom. The predicted octanol–water partition coefficient (Wildman–Crippen LogP) is 3.31. The first-order valence-electron chi connectivity index (χ1n) is 10.6. The number of benzene rings is 2. The molecule has 0 aliphatic carbocycles. The van der Waals surface area contributed by atoms with Crippen molar-refractivity contribution in [2.45, 2.75) is 6.18 Å². The molecule has 4 aromatic rings. The normalized spacial score (nSPS) is 11.2. The zero-order valence-corrected chi connectivity index (χ0v) is 19.0. The van der Waals surface area contributed by atoms with Crippen LogP contribution in [0.4, 0.5) is 17.6 Å². The number of rotatable bonds is 8. The molecule has 4 N–H and O–H groups in total. The number of hydrogen-bond acceptors (Lipinski definition) is 8. The van der Waals surface area contributed by atoms with E-state index in [1.807, 2.05) is 30.3 Å². The Labute approximate surface area is 206 Å². The summed E-state index contributed by atoms with van der Waals surface area (Å²) in [5.41, 5.74) is 7.78. The van der Waals surface area contributed by atoms with Gasteiger partial charge in [0.15, 0.2) is 11.6 Å². The number of pyridine rings is 1. The molecule has 196 valence electrons. The number of carboxylic acid groups (broad SMARTS) is 1. The summed E-state index contributed by atoms with van der Waals surface area (Å²) in [5.74, 6) is -3.17. The topological polar surface area (TPSA) is 146 Å². The summed E-state index contributed by atoms with van der Waals surface area (Å²) >= 11 is 0. The van der Waals surface area contributed by atoms with Crippen LogP contribution in [0.15, 0.2) is 54.7 Å². The highest BCUT2D eigenvalue weighted by Crippen LogP contribution is 2.24. The molecule has 0 saturated heterocycles. The standard InChI is InChI=1S/C21H20FN5O3.C2HF3O2/c22-17-12-15(2-6-21(17)28)27-13-20(25-26-27)19-4-1-14-11-16(3-5-18(14)24-19)30-10-9-29-8-7-23;3-2(4,5)1(6)7/h1-6,11-13,28H,7-10,23H2;(H,6,7). The summed E-state index contributed by atoms with van der Waals surface area (Å²) in [7, 11) is 0. The lowest BCUT2D eigenvalue weighted by molar-refractivity contribution is -0.192. The molecule has 14 heteroatoms. The van der Waals surface area contributed by atoms with Gasteiger partial charge in [0, 0.05) is 18.0 Å². The quantitative estimate of drug-likeness (QED) is 0.234. The van der Waals surface area contributed by atoms with Crippen LogP contribution >= 0.6 is 0 Å². The molecule has 0 bridgehead atoms.